The Kier molecular flexibility index (Phi) is 8.13. The standard InChI is InChI=1S/C25H26N4O.2ClH/c30-25(21-11-4-5-12-23(21)28-15-20-10-6-7-13-27-20)29-17-19-14-26-16-22(19)24(29)18-8-2-1-3-9-18;;/h1-13,19,22,24,26,28H,14-17H2;2*1H/t19-,22-,24-;;/m0../s1. The van der Waals surface area contributed by atoms with Crippen LogP contribution in [0.3, 0.4) is 0 Å². The van der Waals surface area contributed by atoms with Crippen molar-refractivity contribution < 1.29 is 4.79 Å². The molecule has 5 rings (SSSR count). The number of aromatic nitrogens is 1. The fourth-order valence-electron chi connectivity index (χ4n) is 4.87. The molecule has 0 spiro atoms. The molecule has 2 saturated heterocycles. The van der Waals surface area contributed by atoms with E-state index in [0.717, 1.165) is 36.6 Å². The maximum atomic E-state index is 13.7. The summed E-state index contributed by atoms with van der Waals surface area (Å²) in [7, 11) is 0. The second kappa shape index (κ2) is 10.8. The van der Waals surface area contributed by atoms with Crippen LogP contribution in [0.15, 0.2) is 79.0 Å². The van der Waals surface area contributed by atoms with Gasteiger partial charge in [-0.25, -0.2) is 0 Å². The Morgan fingerprint density at radius 1 is 0.969 bits per heavy atom. The van der Waals surface area contributed by atoms with Gasteiger partial charge in [-0.05, 0) is 35.7 Å². The number of anilines is 1. The van der Waals surface area contributed by atoms with Gasteiger partial charge in [-0.15, -0.1) is 24.8 Å². The number of nitrogens with zero attached hydrogens (tertiary/aromatic N) is 2. The van der Waals surface area contributed by atoms with Crippen molar-refractivity contribution in [2.75, 3.05) is 25.0 Å². The van der Waals surface area contributed by atoms with E-state index in [1.165, 1.54) is 5.56 Å². The van der Waals surface area contributed by atoms with E-state index in [2.05, 4.69) is 44.8 Å². The van der Waals surface area contributed by atoms with Crippen LogP contribution in [0.5, 0.6) is 0 Å². The fourth-order valence-corrected chi connectivity index (χ4v) is 4.87. The Balaban J connectivity index is 0.00000144. The Labute approximate surface area is 201 Å². The largest absolute Gasteiger partial charge is 0.379 e. The lowest BCUT2D eigenvalue weighted by atomic mass is 9.89. The molecular weight excluding hydrogens is 443 g/mol. The number of pyridine rings is 1. The van der Waals surface area contributed by atoms with Gasteiger partial charge in [0, 0.05) is 37.4 Å². The number of amides is 1. The number of para-hydroxylation sites is 1. The molecule has 1 amide bonds. The molecule has 0 bridgehead atoms. The number of hydrogen-bond acceptors (Lipinski definition) is 4. The van der Waals surface area contributed by atoms with Gasteiger partial charge in [-0.2, -0.15) is 0 Å². The van der Waals surface area contributed by atoms with Crippen LogP contribution in [-0.2, 0) is 6.54 Å². The van der Waals surface area contributed by atoms with Crippen LogP contribution < -0.4 is 10.6 Å². The van der Waals surface area contributed by atoms with Crippen LogP contribution in [-0.4, -0.2) is 35.4 Å². The summed E-state index contributed by atoms with van der Waals surface area (Å²) in [6.07, 6.45) is 1.79. The van der Waals surface area contributed by atoms with Crippen molar-refractivity contribution in [2.45, 2.75) is 12.6 Å². The normalized spacial score (nSPS) is 21.2. The number of benzene rings is 2. The minimum Gasteiger partial charge on any atom is -0.379 e. The summed E-state index contributed by atoms with van der Waals surface area (Å²) in [5.41, 5.74) is 3.75. The molecule has 3 aromatic rings. The summed E-state index contributed by atoms with van der Waals surface area (Å²) in [6.45, 7) is 3.33. The smallest absolute Gasteiger partial charge is 0.256 e. The predicted octanol–water partition coefficient (Wildman–Crippen LogP) is 4.57. The van der Waals surface area contributed by atoms with Crippen molar-refractivity contribution in [2.24, 2.45) is 11.8 Å². The van der Waals surface area contributed by atoms with Gasteiger partial charge in [0.1, 0.15) is 0 Å². The van der Waals surface area contributed by atoms with E-state index in [1.54, 1.807) is 6.20 Å². The molecule has 0 unspecified atom stereocenters. The maximum Gasteiger partial charge on any atom is 0.256 e. The summed E-state index contributed by atoms with van der Waals surface area (Å²) >= 11 is 0. The van der Waals surface area contributed by atoms with Crippen molar-refractivity contribution >= 4 is 36.4 Å². The first kappa shape index (κ1) is 24.1. The molecule has 32 heavy (non-hydrogen) atoms. The summed E-state index contributed by atoms with van der Waals surface area (Å²) in [5.74, 6) is 1.07. The summed E-state index contributed by atoms with van der Waals surface area (Å²) in [6, 6.07) is 24.3. The van der Waals surface area contributed by atoms with Gasteiger partial charge >= 0.3 is 0 Å². The molecule has 2 aromatic carbocycles. The molecule has 5 nitrogen and oxygen atoms in total. The molecule has 2 aliphatic rings. The summed E-state index contributed by atoms with van der Waals surface area (Å²) in [5, 5.41) is 6.93. The van der Waals surface area contributed by atoms with Gasteiger partial charge in [0.25, 0.3) is 5.91 Å². The first-order valence-electron chi connectivity index (χ1n) is 10.6. The molecule has 1 aromatic heterocycles. The highest BCUT2D eigenvalue weighted by atomic mass is 35.5. The van der Waals surface area contributed by atoms with E-state index < -0.39 is 0 Å². The average molecular weight is 471 g/mol. The molecule has 2 N–H and O–H groups in total. The van der Waals surface area contributed by atoms with E-state index in [9.17, 15) is 4.79 Å². The first-order chi connectivity index (χ1) is 14.8. The third-order valence-corrected chi connectivity index (χ3v) is 6.31. The van der Waals surface area contributed by atoms with Gasteiger partial charge < -0.3 is 15.5 Å². The number of halogens is 2. The molecule has 7 heteroatoms. The molecule has 3 atom stereocenters. The quantitative estimate of drug-likeness (QED) is 0.573. The number of likely N-dealkylation sites (tertiary alicyclic amines) is 1. The highest BCUT2D eigenvalue weighted by molar-refractivity contribution is 6.00. The van der Waals surface area contributed by atoms with Crippen molar-refractivity contribution in [3.05, 3.63) is 95.8 Å². The fraction of sp³-hybridized carbons (Fsp3) is 0.280. The second-order valence-electron chi connectivity index (χ2n) is 8.12. The summed E-state index contributed by atoms with van der Waals surface area (Å²) in [4.78, 5) is 20.2. The van der Waals surface area contributed by atoms with Crippen LogP contribution in [0.1, 0.15) is 27.7 Å². The minimum absolute atomic E-state index is 0. The van der Waals surface area contributed by atoms with Crippen molar-refractivity contribution in [1.82, 2.24) is 15.2 Å². The van der Waals surface area contributed by atoms with Crippen molar-refractivity contribution in [3.63, 3.8) is 0 Å². The number of fused-ring (bicyclic) bond motifs is 1. The minimum atomic E-state index is 0. The van der Waals surface area contributed by atoms with Gasteiger partial charge in [0.15, 0.2) is 0 Å². The zero-order chi connectivity index (χ0) is 20.3. The van der Waals surface area contributed by atoms with Crippen LogP contribution in [0.4, 0.5) is 5.69 Å². The van der Waals surface area contributed by atoms with Crippen molar-refractivity contribution in [1.29, 1.82) is 0 Å². The highest BCUT2D eigenvalue weighted by Crippen LogP contribution is 2.43. The van der Waals surface area contributed by atoms with Crippen LogP contribution in [0.2, 0.25) is 0 Å². The maximum absolute atomic E-state index is 13.7. The van der Waals surface area contributed by atoms with E-state index in [4.69, 9.17) is 0 Å². The Bertz CT molecular complexity index is 1020. The second-order valence-corrected chi connectivity index (χ2v) is 8.12. The average Bonchev–Trinajstić information content (AvgIpc) is 3.40. The zero-order valence-electron chi connectivity index (χ0n) is 17.7. The Morgan fingerprint density at radius 3 is 2.50 bits per heavy atom. The highest BCUT2D eigenvalue weighted by Gasteiger charge is 2.47. The first-order valence-corrected chi connectivity index (χ1v) is 10.6. The number of carbonyl (C=O) groups excluding carboxylic acids is 1. The third-order valence-electron chi connectivity index (χ3n) is 6.31. The van der Waals surface area contributed by atoms with Gasteiger partial charge in [0.2, 0.25) is 0 Å². The molecular formula is C25H28Cl2N4O. The predicted molar refractivity (Wildman–Crippen MR) is 133 cm³/mol. The zero-order valence-corrected chi connectivity index (χ0v) is 19.3. The van der Waals surface area contributed by atoms with Crippen LogP contribution in [0.25, 0.3) is 0 Å². The molecule has 3 heterocycles. The number of hydrogen-bond donors (Lipinski definition) is 2. The number of nitrogens with one attached hydrogen (secondary N) is 2. The van der Waals surface area contributed by atoms with E-state index in [1.807, 2.05) is 48.5 Å². The van der Waals surface area contributed by atoms with E-state index >= 15 is 0 Å². The lowest BCUT2D eigenvalue weighted by Gasteiger charge is -2.29. The van der Waals surface area contributed by atoms with Crippen LogP contribution in [0, 0.1) is 11.8 Å². The Hall–Kier alpha value is -2.60. The third kappa shape index (κ3) is 4.75. The molecule has 0 radical (unpaired) electrons. The van der Waals surface area contributed by atoms with E-state index in [0.29, 0.717) is 18.4 Å². The summed E-state index contributed by atoms with van der Waals surface area (Å²) < 4.78 is 0. The Morgan fingerprint density at radius 2 is 1.72 bits per heavy atom. The lowest BCUT2D eigenvalue weighted by Crippen LogP contribution is -2.35. The SMILES string of the molecule is Cl.Cl.O=C(c1ccccc1NCc1ccccn1)N1C[C@@H]2CNC[C@@H]2[C@@H]1c1ccccc1. The molecule has 2 fully saturated rings. The number of carbonyl (C=O) groups is 1. The van der Waals surface area contributed by atoms with Crippen LogP contribution >= 0.6 is 24.8 Å². The van der Waals surface area contributed by atoms with Crippen molar-refractivity contribution in [3.8, 4) is 0 Å². The number of rotatable bonds is 5. The molecule has 168 valence electrons. The molecule has 0 aliphatic carbocycles. The molecule has 2 aliphatic heterocycles. The topological polar surface area (TPSA) is 57.3 Å². The molecule has 0 saturated carbocycles. The lowest BCUT2D eigenvalue weighted by molar-refractivity contribution is 0.0715. The van der Waals surface area contributed by atoms with Gasteiger partial charge in [-0.3, -0.25) is 9.78 Å². The monoisotopic (exact) mass is 470 g/mol. The van der Waals surface area contributed by atoms with Gasteiger partial charge in [-0.1, -0.05) is 48.5 Å². The van der Waals surface area contributed by atoms with E-state index in [-0.39, 0.29) is 36.8 Å². The van der Waals surface area contributed by atoms with Gasteiger partial charge in [0.05, 0.1) is 23.8 Å².